The van der Waals surface area contributed by atoms with Gasteiger partial charge in [0.15, 0.2) is 0 Å². The number of para-hydroxylation sites is 1. The molecule has 2 atom stereocenters. The van der Waals surface area contributed by atoms with E-state index in [-0.39, 0.29) is 0 Å². The van der Waals surface area contributed by atoms with Gasteiger partial charge in [0.1, 0.15) is 11.3 Å². The Morgan fingerprint density at radius 1 is 1.05 bits per heavy atom. The van der Waals surface area contributed by atoms with Crippen LogP contribution in [0.1, 0.15) is 50.2 Å². The summed E-state index contributed by atoms with van der Waals surface area (Å²) < 4.78 is 6.13. The molecule has 1 aromatic heterocycles. The Bertz CT molecular complexity index is 551. The van der Waals surface area contributed by atoms with Crippen LogP contribution in [0.2, 0.25) is 0 Å². The average molecular weight is 269 g/mol. The van der Waals surface area contributed by atoms with Crippen LogP contribution in [-0.2, 0) is 0 Å². The molecule has 1 heterocycles. The predicted octanol–water partition coefficient (Wildman–Crippen LogP) is 4.46. The Morgan fingerprint density at radius 2 is 1.90 bits per heavy atom. The van der Waals surface area contributed by atoms with Crippen LogP contribution in [0.15, 0.2) is 34.7 Å². The Kier molecular flexibility index (Phi) is 3.27. The number of furan rings is 1. The molecule has 20 heavy (non-hydrogen) atoms. The van der Waals surface area contributed by atoms with Gasteiger partial charge in [-0.25, -0.2) is 0 Å². The standard InChI is InChI=1S/C18H23NO/c1-3-7-16(14(6-1)12-19-15-9-10-15)18-11-13-5-2-4-8-17(13)20-18/h2,4-5,8,11,14-16,19H,1,3,6-7,9-10,12H2. The highest BCUT2D eigenvalue weighted by atomic mass is 16.3. The van der Waals surface area contributed by atoms with Crippen molar-refractivity contribution < 1.29 is 4.42 Å². The first-order valence-corrected chi connectivity index (χ1v) is 8.12. The van der Waals surface area contributed by atoms with Crippen LogP contribution in [-0.4, -0.2) is 12.6 Å². The largest absolute Gasteiger partial charge is 0.461 e. The maximum atomic E-state index is 6.13. The number of fused-ring (bicyclic) bond motifs is 1. The second-order valence-electron chi connectivity index (χ2n) is 6.52. The molecule has 0 spiro atoms. The molecule has 2 aliphatic carbocycles. The first-order chi connectivity index (χ1) is 9.90. The van der Waals surface area contributed by atoms with E-state index in [1.165, 1.54) is 56.2 Å². The molecule has 2 saturated carbocycles. The fourth-order valence-electron chi connectivity index (χ4n) is 3.62. The topological polar surface area (TPSA) is 25.2 Å². The Labute approximate surface area is 120 Å². The van der Waals surface area contributed by atoms with Crippen LogP contribution in [0.25, 0.3) is 11.0 Å². The van der Waals surface area contributed by atoms with Crippen molar-refractivity contribution >= 4 is 11.0 Å². The molecular formula is C18H23NO. The van der Waals surface area contributed by atoms with Crippen LogP contribution in [0.4, 0.5) is 0 Å². The van der Waals surface area contributed by atoms with Crippen molar-refractivity contribution in [1.29, 1.82) is 0 Å². The van der Waals surface area contributed by atoms with Crippen LogP contribution in [0.5, 0.6) is 0 Å². The minimum absolute atomic E-state index is 0.613. The van der Waals surface area contributed by atoms with Gasteiger partial charge in [-0.1, -0.05) is 31.0 Å². The van der Waals surface area contributed by atoms with E-state index in [4.69, 9.17) is 4.42 Å². The fraction of sp³-hybridized carbons (Fsp3) is 0.556. The molecule has 2 heteroatoms. The van der Waals surface area contributed by atoms with Gasteiger partial charge >= 0.3 is 0 Å². The number of hydrogen-bond acceptors (Lipinski definition) is 2. The minimum Gasteiger partial charge on any atom is -0.461 e. The van der Waals surface area contributed by atoms with E-state index in [1.807, 2.05) is 0 Å². The molecule has 2 aliphatic rings. The quantitative estimate of drug-likeness (QED) is 0.886. The summed E-state index contributed by atoms with van der Waals surface area (Å²) in [6.45, 7) is 1.17. The van der Waals surface area contributed by atoms with Crippen LogP contribution in [0, 0.1) is 5.92 Å². The highest BCUT2D eigenvalue weighted by molar-refractivity contribution is 5.77. The van der Waals surface area contributed by atoms with Crippen molar-refractivity contribution in [2.24, 2.45) is 5.92 Å². The van der Waals surface area contributed by atoms with Crippen molar-refractivity contribution in [3.63, 3.8) is 0 Å². The molecule has 2 nitrogen and oxygen atoms in total. The van der Waals surface area contributed by atoms with Crippen molar-refractivity contribution in [3.8, 4) is 0 Å². The fourth-order valence-corrected chi connectivity index (χ4v) is 3.62. The SMILES string of the molecule is c1ccc2oc(C3CCCCC3CNC3CC3)cc2c1. The Balaban J connectivity index is 1.56. The molecule has 1 aromatic carbocycles. The van der Waals surface area contributed by atoms with E-state index < -0.39 is 0 Å². The predicted molar refractivity (Wildman–Crippen MR) is 81.9 cm³/mol. The first-order valence-electron chi connectivity index (χ1n) is 8.12. The van der Waals surface area contributed by atoms with Crippen LogP contribution in [0.3, 0.4) is 0 Å². The van der Waals surface area contributed by atoms with Crippen molar-refractivity contribution in [2.75, 3.05) is 6.54 Å². The summed E-state index contributed by atoms with van der Waals surface area (Å²) in [5, 5.41) is 4.97. The van der Waals surface area contributed by atoms with E-state index in [2.05, 4.69) is 35.6 Å². The molecule has 106 valence electrons. The van der Waals surface area contributed by atoms with E-state index in [9.17, 15) is 0 Å². The third-order valence-corrected chi connectivity index (χ3v) is 4.97. The van der Waals surface area contributed by atoms with E-state index in [0.29, 0.717) is 5.92 Å². The molecule has 0 aliphatic heterocycles. The number of nitrogens with one attached hydrogen (secondary N) is 1. The lowest BCUT2D eigenvalue weighted by Crippen LogP contribution is -2.30. The monoisotopic (exact) mass is 269 g/mol. The van der Waals surface area contributed by atoms with Gasteiger partial charge in [0.05, 0.1) is 0 Å². The summed E-state index contributed by atoms with van der Waals surface area (Å²) in [7, 11) is 0. The second kappa shape index (κ2) is 5.25. The third kappa shape index (κ3) is 2.49. The summed E-state index contributed by atoms with van der Waals surface area (Å²) in [5.41, 5.74) is 1.04. The minimum atomic E-state index is 0.613. The Morgan fingerprint density at radius 3 is 2.75 bits per heavy atom. The molecule has 0 bridgehead atoms. The van der Waals surface area contributed by atoms with Gasteiger partial charge in [-0.2, -0.15) is 0 Å². The van der Waals surface area contributed by atoms with Crippen molar-refractivity contribution in [3.05, 3.63) is 36.1 Å². The summed E-state index contributed by atoms with van der Waals surface area (Å²) in [6.07, 6.45) is 8.12. The smallest absolute Gasteiger partial charge is 0.134 e. The lowest BCUT2D eigenvalue weighted by Gasteiger charge is -2.30. The molecule has 0 saturated heterocycles. The highest BCUT2D eigenvalue weighted by Crippen LogP contribution is 2.39. The molecule has 0 amide bonds. The van der Waals surface area contributed by atoms with Gasteiger partial charge < -0.3 is 9.73 Å². The average Bonchev–Trinajstić information content (AvgIpc) is 3.22. The number of rotatable bonds is 4. The van der Waals surface area contributed by atoms with Crippen molar-refractivity contribution in [1.82, 2.24) is 5.32 Å². The first kappa shape index (κ1) is 12.5. The van der Waals surface area contributed by atoms with Gasteiger partial charge in [-0.3, -0.25) is 0 Å². The zero-order valence-electron chi connectivity index (χ0n) is 12.0. The van der Waals surface area contributed by atoms with E-state index in [1.54, 1.807) is 0 Å². The van der Waals surface area contributed by atoms with Gasteiger partial charge in [-0.05, 0) is 50.3 Å². The molecule has 2 unspecified atom stereocenters. The van der Waals surface area contributed by atoms with E-state index >= 15 is 0 Å². The lowest BCUT2D eigenvalue weighted by molar-refractivity contribution is 0.267. The van der Waals surface area contributed by atoms with Crippen LogP contribution >= 0.6 is 0 Å². The zero-order chi connectivity index (χ0) is 13.4. The molecule has 2 aromatic rings. The zero-order valence-corrected chi connectivity index (χ0v) is 12.0. The molecule has 1 N–H and O–H groups in total. The summed E-state index contributed by atoms with van der Waals surface area (Å²) >= 11 is 0. The van der Waals surface area contributed by atoms with Gasteiger partial charge in [0, 0.05) is 17.3 Å². The van der Waals surface area contributed by atoms with Crippen molar-refractivity contribution in [2.45, 2.75) is 50.5 Å². The molecular weight excluding hydrogens is 246 g/mol. The molecule has 2 fully saturated rings. The van der Waals surface area contributed by atoms with Gasteiger partial charge in [0.2, 0.25) is 0 Å². The third-order valence-electron chi connectivity index (χ3n) is 4.97. The lowest BCUT2D eigenvalue weighted by atomic mass is 9.78. The maximum absolute atomic E-state index is 6.13. The summed E-state index contributed by atoms with van der Waals surface area (Å²) in [5.74, 6) is 2.58. The van der Waals surface area contributed by atoms with Gasteiger partial charge in [-0.15, -0.1) is 0 Å². The highest BCUT2D eigenvalue weighted by Gasteiger charge is 2.30. The van der Waals surface area contributed by atoms with Crippen LogP contribution < -0.4 is 5.32 Å². The van der Waals surface area contributed by atoms with Gasteiger partial charge in [0.25, 0.3) is 0 Å². The number of hydrogen-bond donors (Lipinski definition) is 1. The second-order valence-corrected chi connectivity index (χ2v) is 6.52. The maximum Gasteiger partial charge on any atom is 0.134 e. The Hall–Kier alpha value is -1.28. The molecule has 4 rings (SSSR count). The normalized spacial score (nSPS) is 27.0. The van der Waals surface area contributed by atoms with E-state index in [0.717, 1.165) is 17.5 Å². The molecule has 0 radical (unpaired) electrons. The number of benzene rings is 1. The summed E-state index contributed by atoms with van der Waals surface area (Å²) in [4.78, 5) is 0. The summed E-state index contributed by atoms with van der Waals surface area (Å²) in [6, 6.07) is 11.5.